The zero-order chi connectivity index (χ0) is 25.0. The van der Waals surface area contributed by atoms with Crippen LogP contribution in [0, 0.1) is 5.82 Å². The second-order valence-corrected chi connectivity index (χ2v) is 10.2. The minimum absolute atomic E-state index is 0.0928. The lowest BCUT2D eigenvalue weighted by atomic mass is 9.92. The summed E-state index contributed by atoms with van der Waals surface area (Å²) in [6.07, 6.45) is 4.62. The summed E-state index contributed by atoms with van der Waals surface area (Å²) < 4.78 is 20.1. The number of carbonyl (C=O) groups is 1. The minimum atomic E-state index is -0.453. The Kier molecular flexibility index (Phi) is 5.23. The van der Waals surface area contributed by atoms with Crippen LogP contribution in [0.3, 0.4) is 0 Å². The number of nitrogens with one attached hydrogen (secondary N) is 2. The van der Waals surface area contributed by atoms with Crippen LogP contribution in [-0.2, 0) is 21.5 Å². The number of aromatic amines is 1. The number of benzene rings is 3. The average Bonchev–Trinajstić information content (AvgIpc) is 3.45. The molecule has 1 spiro atoms. The highest BCUT2D eigenvalue weighted by Gasteiger charge is 2.65. The molecule has 2 aliphatic heterocycles. The number of H-pyrrole nitrogens is 1. The zero-order valence-electron chi connectivity index (χ0n) is 20.3. The smallest absolute Gasteiger partial charge is 0.235 e. The topological polar surface area (TPSA) is 70.2 Å². The number of rotatable bonds is 5. The lowest BCUT2D eigenvalue weighted by molar-refractivity contribution is -0.118. The number of halogens is 1. The van der Waals surface area contributed by atoms with Crippen molar-refractivity contribution in [1.82, 2.24) is 15.1 Å². The molecule has 0 bridgehead atoms. The van der Waals surface area contributed by atoms with E-state index in [4.69, 9.17) is 4.74 Å². The Hall–Kier alpha value is -3.81. The van der Waals surface area contributed by atoms with Gasteiger partial charge in [-0.2, -0.15) is 5.10 Å². The van der Waals surface area contributed by atoms with Gasteiger partial charge in [0, 0.05) is 42.2 Å². The van der Waals surface area contributed by atoms with E-state index in [1.54, 1.807) is 6.07 Å². The van der Waals surface area contributed by atoms with Crippen LogP contribution in [0.1, 0.15) is 40.3 Å². The van der Waals surface area contributed by atoms with E-state index in [0.717, 1.165) is 58.5 Å². The van der Waals surface area contributed by atoms with Crippen LogP contribution in [0.15, 0.2) is 60.7 Å². The number of aromatic nitrogens is 2. The first-order valence-corrected chi connectivity index (χ1v) is 12.8. The predicted molar refractivity (Wildman–Crippen MR) is 142 cm³/mol. The summed E-state index contributed by atoms with van der Waals surface area (Å²) >= 11 is 0. The molecule has 1 saturated heterocycles. The Morgan fingerprint density at radius 2 is 1.95 bits per heavy atom. The van der Waals surface area contributed by atoms with Crippen molar-refractivity contribution >= 4 is 34.6 Å². The monoisotopic (exact) mass is 494 g/mol. The van der Waals surface area contributed by atoms with E-state index in [0.29, 0.717) is 25.3 Å². The molecule has 1 aromatic heterocycles. The van der Waals surface area contributed by atoms with Gasteiger partial charge in [0.15, 0.2) is 0 Å². The van der Waals surface area contributed by atoms with Crippen molar-refractivity contribution in [2.45, 2.75) is 24.3 Å². The van der Waals surface area contributed by atoms with Crippen LogP contribution in [0.4, 0.5) is 10.1 Å². The van der Waals surface area contributed by atoms with E-state index in [1.165, 1.54) is 0 Å². The van der Waals surface area contributed by atoms with E-state index >= 15 is 0 Å². The van der Waals surface area contributed by atoms with Crippen molar-refractivity contribution in [2.75, 3.05) is 31.6 Å². The fourth-order valence-corrected chi connectivity index (χ4v) is 5.92. The molecule has 2 fully saturated rings. The number of ether oxygens (including phenoxy) is 1. The summed E-state index contributed by atoms with van der Waals surface area (Å²) in [5, 5.41) is 11.7. The summed E-state index contributed by atoms with van der Waals surface area (Å²) in [7, 11) is 0. The van der Waals surface area contributed by atoms with Gasteiger partial charge in [-0.25, -0.2) is 4.39 Å². The molecule has 186 valence electrons. The molecule has 1 amide bonds. The Morgan fingerprint density at radius 1 is 1.08 bits per heavy atom. The highest BCUT2D eigenvalue weighted by atomic mass is 19.1. The zero-order valence-corrected chi connectivity index (χ0v) is 20.3. The van der Waals surface area contributed by atoms with Crippen LogP contribution < -0.4 is 5.32 Å². The van der Waals surface area contributed by atoms with Crippen molar-refractivity contribution in [3.05, 3.63) is 94.4 Å². The number of carbonyl (C=O) groups excluding carboxylic acids is 1. The molecule has 2 N–H and O–H groups in total. The second-order valence-electron chi connectivity index (χ2n) is 10.2. The van der Waals surface area contributed by atoms with Gasteiger partial charge in [0.25, 0.3) is 0 Å². The van der Waals surface area contributed by atoms with Gasteiger partial charge in [-0.15, -0.1) is 0 Å². The number of morpholine rings is 1. The van der Waals surface area contributed by atoms with Crippen molar-refractivity contribution in [1.29, 1.82) is 0 Å². The number of hydrogen-bond donors (Lipinski definition) is 2. The molecule has 3 aromatic carbocycles. The third-order valence-electron chi connectivity index (χ3n) is 8.05. The van der Waals surface area contributed by atoms with Gasteiger partial charge in [-0.05, 0) is 47.4 Å². The van der Waals surface area contributed by atoms with Gasteiger partial charge in [0.05, 0.1) is 29.8 Å². The van der Waals surface area contributed by atoms with Crippen LogP contribution in [0.2, 0.25) is 0 Å². The lowest BCUT2D eigenvalue weighted by Gasteiger charge is -2.26. The summed E-state index contributed by atoms with van der Waals surface area (Å²) in [4.78, 5) is 15.1. The SMILES string of the molecule is O=C1Nc2ccccc2C12CC2c1ccc2c(/C=C/c3ccc(CN4CCOCC4)c(F)c3)n[nH]c2c1. The fraction of sp³-hybridized carbons (Fsp3) is 0.267. The molecule has 0 radical (unpaired) electrons. The maximum atomic E-state index is 14.8. The first-order chi connectivity index (χ1) is 18.1. The number of anilines is 1. The number of hydrogen-bond acceptors (Lipinski definition) is 4. The highest BCUT2D eigenvalue weighted by molar-refractivity contribution is 6.09. The summed E-state index contributed by atoms with van der Waals surface area (Å²) in [6.45, 7) is 3.66. The highest BCUT2D eigenvalue weighted by Crippen LogP contribution is 2.64. The maximum absolute atomic E-state index is 14.8. The van der Waals surface area contributed by atoms with Gasteiger partial charge in [-0.3, -0.25) is 14.8 Å². The summed E-state index contributed by atoms with van der Waals surface area (Å²) in [5.74, 6) is 0.0538. The van der Waals surface area contributed by atoms with Gasteiger partial charge in [0.1, 0.15) is 5.82 Å². The van der Waals surface area contributed by atoms with Crippen molar-refractivity contribution in [2.24, 2.45) is 0 Å². The molecule has 7 rings (SSSR count). The van der Waals surface area contributed by atoms with Gasteiger partial charge < -0.3 is 10.1 Å². The molecule has 6 nitrogen and oxygen atoms in total. The van der Waals surface area contributed by atoms with Crippen LogP contribution in [0.5, 0.6) is 0 Å². The normalized spacial score (nSPS) is 23.2. The molecular formula is C30H27FN4O2. The largest absolute Gasteiger partial charge is 0.379 e. The average molecular weight is 495 g/mol. The maximum Gasteiger partial charge on any atom is 0.235 e. The van der Waals surface area contributed by atoms with Crippen molar-refractivity contribution < 1.29 is 13.9 Å². The van der Waals surface area contributed by atoms with Gasteiger partial charge in [-0.1, -0.05) is 48.5 Å². The molecule has 1 aliphatic carbocycles. The quantitative estimate of drug-likeness (QED) is 0.406. The molecule has 2 atom stereocenters. The van der Waals surface area contributed by atoms with E-state index in [9.17, 15) is 9.18 Å². The Labute approximate surface area is 214 Å². The fourth-order valence-electron chi connectivity index (χ4n) is 5.92. The standard InChI is InChI=1S/C30H27FN4O2/c31-25-15-19(5-7-21(25)18-35-11-13-37-14-12-35)6-10-26-22-9-8-20(16-28(22)34-33-26)24-17-30(24)23-3-1-2-4-27(23)32-29(30)36/h1-10,15-16,24H,11-14,17-18H2,(H,32,36)(H,33,34)/b10-6+. The first kappa shape index (κ1) is 22.4. The number of amides is 1. The molecular weight excluding hydrogens is 467 g/mol. The second kappa shape index (κ2) is 8.64. The molecule has 1 saturated carbocycles. The molecule has 3 aliphatic rings. The van der Waals surface area contributed by atoms with Crippen LogP contribution >= 0.6 is 0 Å². The van der Waals surface area contributed by atoms with E-state index < -0.39 is 5.41 Å². The molecule has 3 heterocycles. The van der Waals surface area contributed by atoms with E-state index in [2.05, 4.69) is 44.7 Å². The Bertz CT molecular complexity index is 1550. The number of para-hydroxylation sites is 1. The number of nitrogens with zero attached hydrogens (tertiary/aromatic N) is 2. The third-order valence-corrected chi connectivity index (χ3v) is 8.05. The molecule has 37 heavy (non-hydrogen) atoms. The molecule has 4 aromatic rings. The van der Waals surface area contributed by atoms with Gasteiger partial charge in [0.2, 0.25) is 5.91 Å². The molecule has 2 unspecified atom stereocenters. The van der Waals surface area contributed by atoms with Gasteiger partial charge >= 0.3 is 0 Å². The third kappa shape index (κ3) is 3.77. The molecule has 7 heteroatoms. The van der Waals surface area contributed by atoms with E-state index in [1.807, 2.05) is 42.5 Å². The lowest BCUT2D eigenvalue weighted by Crippen LogP contribution is -2.35. The first-order valence-electron chi connectivity index (χ1n) is 12.8. The predicted octanol–water partition coefficient (Wildman–Crippen LogP) is 5.08. The Morgan fingerprint density at radius 3 is 2.81 bits per heavy atom. The minimum Gasteiger partial charge on any atom is -0.379 e. The summed E-state index contributed by atoms with van der Waals surface area (Å²) in [6, 6.07) is 19.6. The van der Waals surface area contributed by atoms with Crippen LogP contribution in [0.25, 0.3) is 23.1 Å². The van der Waals surface area contributed by atoms with Crippen molar-refractivity contribution in [3.8, 4) is 0 Å². The van der Waals surface area contributed by atoms with Crippen molar-refractivity contribution in [3.63, 3.8) is 0 Å². The number of fused-ring (bicyclic) bond motifs is 3. The Balaban J connectivity index is 1.09. The van der Waals surface area contributed by atoms with Crippen LogP contribution in [-0.4, -0.2) is 47.3 Å². The van der Waals surface area contributed by atoms with E-state index in [-0.39, 0.29) is 17.6 Å². The summed E-state index contributed by atoms with van der Waals surface area (Å²) in [5.41, 5.74) is 5.93.